The number of hydrogen-bond acceptors (Lipinski definition) is 3. The van der Waals surface area contributed by atoms with Crippen LogP contribution in [0.3, 0.4) is 0 Å². The molecule has 0 aliphatic carbocycles. The minimum absolute atomic E-state index is 0.182. The molecule has 1 aliphatic rings. The number of carbonyl (C=O) groups excluding carboxylic acids is 1. The van der Waals surface area contributed by atoms with Crippen LogP contribution < -0.4 is 5.84 Å². The zero-order valence-corrected chi connectivity index (χ0v) is 9.96. The molecule has 1 aliphatic heterocycles. The van der Waals surface area contributed by atoms with Crippen LogP contribution in [0.2, 0.25) is 5.02 Å². The first kappa shape index (κ1) is 11.3. The minimum Gasteiger partial charge on any atom is -0.334 e. The molecule has 1 heterocycles. The highest BCUT2D eigenvalue weighted by atomic mass is 35.5. The van der Waals surface area contributed by atoms with Gasteiger partial charge in [0.05, 0.1) is 0 Å². The Hall–Kier alpha value is -1.17. The summed E-state index contributed by atoms with van der Waals surface area (Å²) in [5, 5.41) is 2.05. The third-order valence-electron chi connectivity index (χ3n) is 2.36. The summed E-state index contributed by atoms with van der Waals surface area (Å²) >= 11 is 10.8. The predicted octanol–water partition coefficient (Wildman–Crippen LogP) is 1.14. The maximum Gasteiger partial charge on any atom is 0.262 e. The van der Waals surface area contributed by atoms with Gasteiger partial charge in [-0.25, -0.2) is 10.9 Å². The molecule has 2 N–H and O–H groups in total. The third-order valence-corrected chi connectivity index (χ3v) is 3.06. The first-order chi connectivity index (χ1) is 7.58. The molecule has 0 spiro atoms. The molecule has 4 nitrogen and oxygen atoms in total. The largest absolute Gasteiger partial charge is 0.334 e. The summed E-state index contributed by atoms with van der Waals surface area (Å²) in [4.78, 5) is 13.0. The van der Waals surface area contributed by atoms with Gasteiger partial charge >= 0.3 is 0 Å². The van der Waals surface area contributed by atoms with Crippen LogP contribution in [0.15, 0.2) is 24.3 Å². The minimum atomic E-state index is -0.182. The van der Waals surface area contributed by atoms with Crippen LogP contribution in [0.1, 0.15) is 5.56 Å². The molecule has 1 saturated heterocycles. The van der Waals surface area contributed by atoms with Gasteiger partial charge in [0, 0.05) is 11.6 Å². The third kappa shape index (κ3) is 2.16. The average molecular weight is 256 g/mol. The van der Waals surface area contributed by atoms with E-state index in [4.69, 9.17) is 29.7 Å². The van der Waals surface area contributed by atoms with E-state index in [-0.39, 0.29) is 12.5 Å². The van der Waals surface area contributed by atoms with Crippen molar-refractivity contribution >= 4 is 34.8 Å². The molecule has 1 aromatic carbocycles. The maximum atomic E-state index is 11.3. The number of amides is 1. The monoisotopic (exact) mass is 255 g/mol. The van der Waals surface area contributed by atoms with Gasteiger partial charge in [-0.05, 0) is 29.9 Å². The van der Waals surface area contributed by atoms with E-state index < -0.39 is 0 Å². The lowest BCUT2D eigenvalue weighted by Gasteiger charge is -2.17. The summed E-state index contributed by atoms with van der Waals surface area (Å²) in [6, 6.07) is 7.40. The number of thiocarbonyl (C=S) groups is 1. The smallest absolute Gasteiger partial charge is 0.262 e. The van der Waals surface area contributed by atoms with E-state index in [0.717, 1.165) is 10.6 Å². The summed E-state index contributed by atoms with van der Waals surface area (Å²) in [6.07, 6.45) is 0. The first-order valence-electron chi connectivity index (χ1n) is 4.69. The Morgan fingerprint density at radius 2 is 2.00 bits per heavy atom. The Labute approximate surface area is 104 Å². The SMILES string of the molecule is NN1C(=O)CN(Cc2ccc(Cl)cc2)C1=S. The average Bonchev–Trinajstić information content (AvgIpc) is 2.50. The highest BCUT2D eigenvalue weighted by molar-refractivity contribution is 7.80. The molecule has 0 atom stereocenters. The lowest BCUT2D eigenvalue weighted by molar-refractivity contribution is -0.125. The zero-order chi connectivity index (χ0) is 11.7. The van der Waals surface area contributed by atoms with E-state index in [9.17, 15) is 4.79 Å². The lowest BCUT2D eigenvalue weighted by Crippen LogP contribution is -2.38. The number of hydrazine groups is 1. The molecule has 0 saturated carbocycles. The molecule has 84 valence electrons. The van der Waals surface area contributed by atoms with E-state index in [1.807, 2.05) is 12.1 Å². The summed E-state index contributed by atoms with van der Waals surface area (Å²) < 4.78 is 0. The second-order valence-corrected chi connectivity index (χ2v) is 4.33. The van der Waals surface area contributed by atoms with Gasteiger partial charge in [0.25, 0.3) is 5.91 Å². The number of hydrogen-bond donors (Lipinski definition) is 1. The van der Waals surface area contributed by atoms with Gasteiger partial charge in [-0.1, -0.05) is 23.7 Å². The molecule has 1 aromatic rings. The van der Waals surface area contributed by atoms with Gasteiger partial charge in [0.15, 0.2) is 5.11 Å². The van der Waals surface area contributed by atoms with E-state index >= 15 is 0 Å². The number of nitrogens with zero attached hydrogens (tertiary/aromatic N) is 2. The van der Waals surface area contributed by atoms with Crippen molar-refractivity contribution in [1.82, 2.24) is 9.91 Å². The summed E-state index contributed by atoms with van der Waals surface area (Å²) in [5.41, 5.74) is 1.04. The van der Waals surface area contributed by atoms with Gasteiger partial charge in [-0.3, -0.25) is 4.79 Å². The van der Waals surface area contributed by atoms with Crippen LogP contribution in [-0.4, -0.2) is 27.5 Å². The van der Waals surface area contributed by atoms with Crippen molar-refractivity contribution in [3.63, 3.8) is 0 Å². The lowest BCUT2D eigenvalue weighted by atomic mass is 10.2. The summed E-state index contributed by atoms with van der Waals surface area (Å²) in [7, 11) is 0. The van der Waals surface area contributed by atoms with E-state index in [2.05, 4.69) is 0 Å². The number of halogens is 1. The second-order valence-electron chi connectivity index (χ2n) is 3.53. The predicted molar refractivity (Wildman–Crippen MR) is 65.5 cm³/mol. The van der Waals surface area contributed by atoms with E-state index in [0.29, 0.717) is 16.7 Å². The second kappa shape index (κ2) is 4.37. The zero-order valence-electron chi connectivity index (χ0n) is 8.39. The van der Waals surface area contributed by atoms with E-state index in [1.165, 1.54) is 0 Å². The number of nitrogens with two attached hydrogens (primary N) is 1. The number of carbonyl (C=O) groups is 1. The Morgan fingerprint density at radius 3 is 2.50 bits per heavy atom. The Morgan fingerprint density at radius 1 is 1.38 bits per heavy atom. The molecule has 0 unspecified atom stereocenters. The van der Waals surface area contributed by atoms with Gasteiger partial charge in [-0.15, -0.1) is 0 Å². The van der Waals surface area contributed by atoms with Crippen molar-refractivity contribution in [2.75, 3.05) is 6.54 Å². The molecule has 1 amide bonds. The molecule has 2 rings (SSSR count). The van der Waals surface area contributed by atoms with Crippen LogP contribution >= 0.6 is 23.8 Å². The highest BCUT2D eigenvalue weighted by Gasteiger charge is 2.30. The van der Waals surface area contributed by atoms with Crippen LogP contribution in [0, 0.1) is 0 Å². The van der Waals surface area contributed by atoms with Crippen molar-refractivity contribution in [3.8, 4) is 0 Å². The first-order valence-corrected chi connectivity index (χ1v) is 5.47. The fraction of sp³-hybridized carbons (Fsp3) is 0.200. The van der Waals surface area contributed by atoms with Crippen molar-refractivity contribution in [3.05, 3.63) is 34.9 Å². The van der Waals surface area contributed by atoms with Crippen molar-refractivity contribution in [2.24, 2.45) is 5.84 Å². The molecule has 16 heavy (non-hydrogen) atoms. The molecular weight excluding hydrogens is 246 g/mol. The normalized spacial score (nSPS) is 16.1. The topological polar surface area (TPSA) is 49.6 Å². The van der Waals surface area contributed by atoms with Crippen LogP contribution in [0.5, 0.6) is 0 Å². The van der Waals surface area contributed by atoms with Crippen molar-refractivity contribution in [1.29, 1.82) is 0 Å². The summed E-state index contributed by atoms with van der Waals surface area (Å²) in [6.45, 7) is 0.799. The fourth-order valence-electron chi connectivity index (χ4n) is 1.50. The van der Waals surface area contributed by atoms with Gasteiger partial charge in [-0.2, -0.15) is 0 Å². The molecule has 1 fully saturated rings. The van der Waals surface area contributed by atoms with Crippen LogP contribution in [0.25, 0.3) is 0 Å². The number of benzene rings is 1. The molecule has 0 aromatic heterocycles. The van der Waals surface area contributed by atoms with Crippen LogP contribution in [-0.2, 0) is 11.3 Å². The highest BCUT2D eigenvalue weighted by Crippen LogP contribution is 2.14. The molecule has 0 bridgehead atoms. The Balaban J connectivity index is 2.09. The van der Waals surface area contributed by atoms with Crippen molar-refractivity contribution < 1.29 is 4.79 Å². The Bertz CT molecular complexity index is 434. The van der Waals surface area contributed by atoms with Gasteiger partial charge in [0.1, 0.15) is 6.54 Å². The quantitative estimate of drug-likeness (QED) is 0.489. The fourth-order valence-corrected chi connectivity index (χ4v) is 1.86. The van der Waals surface area contributed by atoms with E-state index in [1.54, 1.807) is 17.0 Å². The maximum absolute atomic E-state index is 11.3. The summed E-state index contributed by atoms with van der Waals surface area (Å²) in [5.74, 6) is 5.29. The van der Waals surface area contributed by atoms with Crippen molar-refractivity contribution in [2.45, 2.75) is 6.54 Å². The molecule has 6 heteroatoms. The van der Waals surface area contributed by atoms with Gasteiger partial charge < -0.3 is 4.90 Å². The standard InChI is InChI=1S/C10H10ClN3OS/c11-8-3-1-7(2-4-8)5-13-6-9(15)14(12)10(13)16/h1-4H,5-6,12H2. The molecule has 0 radical (unpaired) electrons. The number of rotatable bonds is 2. The Kier molecular flexibility index (Phi) is 3.09. The van der Waals surface area contributed by atoms with Crippen LogP contribution in [0.4, 0.5) is 0 Å². The van der Waals surface area contributed by atoms with Gasteiger partial charge in [0.2, 0.25) is 0 Å². The molecular formula is C10H10ClN3OS.